The Labute approximate surface area is 114 Å². The third kappa shape index (κ3) is 4.05. The van der Waals surface area contributed by atoms with Crippen molar-refractivity contribution >= 4 is 17.6 Å². The molecule has 7 heteroatoms. The smallest absolute Gasteiger partial charge is 0.308 e. The number of ether oxygens (including phenoxy) is 1. The second-order valence-electron chi connectivity index (χ2n) is 3.85. The molecule has 0 heterocycles. The van der Waals surface area contributed by atoms with E-state index in [1.807, 2.05) is 0 Å². The van der Waals surface area contributed by atoms with Gasteiger partial charge in [-0.1, -0.05) is 11.6 Å². The second kappa shape index (κ2) is 6.70. The number of aliphatic hydroxyl groups is 2. The summed E-state index contributed by atoms with van der Waals surface area (Å²) in [6.45, 7) is 1.73. The van der Waals surface area contributed by atoms with Gasteiger partial charge in [0.2, 0.25) is 0 Å². The van der Waals surface area contributed by atoms with E-state index in [0.29, 0.717) is 0 Å². The van der Waals surface area contributed by atoms with Crippen molar-refractivity contribution in [3.8, 4) is 5.75 Å². The molecule has 0 aliphatic carbocycles. The fraction of sp³-hybridized carbons (Fsp3) is 0.417. The molecule has 106 valence electrons. The minimum atomic E-state index is -1.65. The number of aliphatic hydroxyl groups excluding tert-OH is 2. The average Bonchev–Trinajstić information content (AvgIpc) is 2.33. The number of halogens is 2. The zero-order valence-corrected chi connectivity index (χ0v) is 10.9. The molecule has 0 fully saturated rings. The van der Waals surface area contributed by atoms with E-state index in [1.54, 1.807) is 6.92 Å². The molecule has 19 heavy (non-hydrogen) atoms. The maximum absolute atomic E-state index is 13.2. The zero-order chi connectivity index (χ0) is 14.6. The van der Waals surface area contributed by atoms with Crippen LogP contribution in [0, 0.1) is 5.82 Å². The topological polar surface area (TPSA) is 87.0 Å². The Morgan fingerprint density at radius 3 is 2.68 bits per heavy atom. The molecular formula is C12H14ClFO5. The van der Waals surface area contributed by atoms with Crippen LogP contribution in [0.15, 0.2) is 12.1 Å². The first-order valence-electron chi connectivity index (χ1n) is 5.56. The lowest BCUT2D eigenvalue weighted by atomic mass is 10.0. The molecule has 0 aliphatic rings. The summed E-state index contributed by atoms with van der Waals surface area (Å²) >= 11 is 5.59. The van der Waals surface area contributed by atoms with Gasteiger partial charge in [0.15, 0.2) is 11.6 Å². The van der Waals surface area contributed by atoms with Gasteiger partial charge < -0.3 is 20.1 Å². The molecule has 0 aliphatic heterocycles. The van der Waals surface area contributed by atoms with Gasteiger partial charge in [0, 0.05) is 10.6 Å². The van der Waals surface area contributed by atoms with Crippen LogP contribution in [0.5, 0.6) is 5.75 Å². The van der Waals surface area contributed by atoms with Gasteiger partial charge >= 0.3 is 5.97 Å². The Morgan fingerprint density at radius 1 is 1.47 bits per heavy atom. The monoisotopic (exact) mass is 292 g/mol. The van der Waals surface area contributed by atoms with Crippen LogP contribution in [-0.2, 0) is 9.53 Å². The molecule has 2 atom stereocenters. The van der Waals surface area contributed by atoms with Crippen molar-refractivity contribution in [2.75, 3.05) is 6.61 Å². The summed E-state index contributed by atoms with van der Waals surface area (Å²) < 4.78 is 17.8. The highest BCUT2D eigenvalue weighted by Crippen LogP contribution is 2.32. The van der Waals surface area contributed by atoms with Gasteiger partial charge in [-0.05, 0) is 19.1 Å². The first kappa shape index (κ1) is 15.7. The van der Waals surface area contributed by atoms with Crippen molar-refractivity contribution in [1.82, 2.24) is 0 Å². The molecule has 0 amide bonds. The Kier molecular flexibility index (Phi) is 5.53. The standard InChI is InChI=1S/C12H14ClFO5/c1-2-19-10(16)5-9(15)12(18)7-3-6(13)4-8(14)11(7)17/h3-4,9,12,15,17-18H,2,5H2,1H3. The van der Waals surface area contributed by atoms with Crippen LogP contribution in [-0.4, -0.2) is 34.0 Å². The summed E-state index contributed by atoms with van der Waals surface area (Å²) in [5, 5.41) is 28.8. The number of benzene rings is 1. The number of hydrogen-bond donors (Lipinski definition) is 3. The number of hydrogen-bond acceptors (Lipinski definition) is 5. The highest BCUT2D eigenvalue weighted by molar-refractivity contribution is 6.30. The van der Waals surface area contributed by atoms with Crippen LogP contribution in [0.4, 0.5) is 4.39 Å². The Bertz CT molecular complexity index is 466. The molecular weight excluding hydrogens is 279 g/mol. The first-order valence-corrected chi connectivity index (χ1v) is 5.94. The fourth-order valence-corrected chi connectivity index (χ4v) is 1.73. The summed E-state index contributed by atoms with van der Waals surface area (Å²) in [6.07, 6.45) is -3.68. The van der Waals surface area contributed by atoms with E-state index in [9.17, 15) is 24.5 Å². The number of rotatable bonds is 5. The molecule has 0 saturated heterocycles. The van der Waals surface area contributed by atoms with Crippen molar-refractivity contribution in [1.29, 1.82) is 0 Å². The molecule has 1 rings (SSSR count). The van der Waals surface area contributed by atoms with E-state index in [2.05, 4.69) is 4.74 Å². The molecule has 0 aromatic heterocycles. The fourth-order valence-electron chi connectivity index (χ4n) is 1.52. The third-order valence-corrected chi connectivity index (χ3v) is 2.64. The Morgan fingerprint density at radius 2 is 2.11 bits per heavy atom. The number of carbonyl (C=O) groups excluding carboxylic acids is 1. The predicted molar refractivity (Wildman–Crippen MR) is 65.3 cm³/mol. The van der Waals surface area contributed by atoms with E-state index >= 15 is 0 Å². The van der Waals surface area contributed by atoms with E-state index in [4.69, 9.17) is 11.6 Å². The third-order valence-electron chi connectivity index (χ3n) is 2.42. The molecule has 0 spiro atoms. The van der Waals surface area contributed by atoms with Gasteiger partial charge in [-0.2, -0.15) is 0 Å². The molecule has 1 aromatic rings. The van der Waals surface area contributed by atoms with Crippen molar-refractivity contribution in [2.24, 2.45) is 0 Å². The summed E-state index contributed by atoms with van der Waals surface area (Å²) in [6, 6.07) is 1.98. The van der Waals surface area contributed by atoms with E-state index in [1.165, 1.54) is 0 Å². The van der Waals surface area contributed by atoms with Crippen LogP contribution < -0.4 is 0 Å². The molecule has 0 saturated carbocycles. The van der Waals surface area contributed by atoms with E-state index in [0.717, 1.165) is 12.1 Å². The summed E-state index contributed by atoms with van der Waals surface area (Å²) in [4.78, 5) is 11.2. The maximum Gasteiger partial charge on any atom is 0.308 e. The Balaban J connectivity index is 2.88. The van der Waals surface area contributed by atoms with E-state index in [-0.39, 0.29) is 17.2 Å². The lowest BCUT2D eigenvalue weighted by Crippen LogP contribution is -2.23. The number of aromatic hydroxyl groups is 1. The molecule has 3 N–H and O–H groups in total. The zero-order valence-electron chi connectivity index (χ0n) is 10.1. The number of phenols is 1. The molecule has 1 aromatic carbocycles. The number of esters is 1. The van der Waals surface area contributed by atoms with Crippen LogP contribution >= 0.6 is 11.6 Å². The summed E-state index contributed by atoms with van der Waals surface area (Å²) in [5.74, 6) is -2.55. The molecule has 5 nitrogen and oxygen atoms in total. The lowest BCUT2D eigenvalue weighted by molar-refractivity contribution is -0.147. The summed E-state index contributed by atoms with van der Waals surface area (Å²) in [7, 11) is 0. The van der Waals surface area contributed by atoms with Gasteiger partial charge in [-0.15, -0.1) is 0 Å². The van der Waals surface area contributed by atoms with Gasteiger partial charge in [-0.3, -0.25) is 4.79 Å². The number of phenolic OH excluding ortho intramolecular Hbond substituents is 1. The minimum Gasteiger partial charge on any atom is -0.505 e. The van der Waals surface area contributed by atoms with Gasteiger partial charge in [-0.25, -0.2) is 4.39 Å². The summed E-state index contributed by atoms with van der Waals surface area (Å²) in [5.41, 5.74) is -0.290. The normalized spacial score (nSPS) is 13.9. The predicted octanol–water partition coefficient (Wildman–Crippen LogP) is 1.53. The quantitative estimate of drug-likeness (QED) is 0.717. The highest BCUT2D eigenvalue weighted by atomic mass is 35.5. The average molecular weight is 293 g/mol. The maximum atomic E-state index is 13.2. The molecule has 2 unspecified atom stereocenters. The largest absolute Gasteiger partial charge is 0.505 e. The minimum absolute atomic E-state index is 0.0484. The van der Waals surface area contributed by atoms with Gasteiger partial charge in [0.25, 0.3) is 0 Å². The van der Waals surface area contributed by atoms with Gasteiger partial charge in [0.1, 0.15) is 6.10 Å². The molecule has 0 bridgehead atoms. The van der Waals surface area contributed by atoms with Gasteiger partial charge in [0.05, 0.1) is 19.1 Å². The van der Waals surface area contributed by atoms with Crippen LogP contribution in [0.2, 0.25) is 5.02 Å². The van der Waals surface area contributed by atoms with Crippen molar-refractivity contribution in [2.45, 2.75) is 25.6 Å². The van der Waals surface area contributed by atoms with Crippen molar-refractivity contribution in [3.63, 3.8) is 0 Å². The lowest BCUT2D eigenvalue weighted by Gasteiger charge is -2.18. The van der Waals surface area contributed by atoms with Crippen molar-refractivity contribution in [3.05, 3.63) is 28.5 Å². The van der Waals surface area contributed by atoms with Crippen LogP contribution in [0.3, 0.4) is 0 Å². The van der Waals surface area contributed by atoms with E-state index < -0.39 is 36.2 Å². The Hall–Kier alpha value is -1.37. The highest BCUT2D eigenvalue weighted by Gasteiger charge is 2.26. The molecule has 0 radical (unpaired) electrons. The van der Waals surface area contributed by atoms with Crippen LogP contribution in [0.1, 0.15) is 25.0 Å². The number of carbonyl (C=O) groups is 1. The SMILES string of the molecule is CCOC(=O)CC(O)C(O)c1cc(Cl)cc(F)c1O. The second-order valence-corrected chi connectivity index (χ2v) is 4.28. The van der Waals surface area contributed by atoms with Crippen molar-refractivity contribution < 1.29 is 29.2 Å². The first-order chi connectivity index (χ1) is 8.86. The van der Waals surface area contributed by atoms with Crippen LogP contribution in [0.25, 0.3) is 0 Å².